The van der Waals surface area contributed by atoms with Gasteiger partial charge in [-0.2, -0.15) is 0 Å². The maximum absolute atomic E-state index is 5.83. The number of nitrogens with zero attached hydrogens (tertiary/aromatic N) is 1. The fraction of sp³-hybridized carbons (Fsp3) is 0.364. The third-order valence-corrected chi connectivity index (χ3v) is 3.43. The van der Waals surface area contributed by atoms with Crippen molar-refractivity contribution in [3.63, 3.8) is 0 Å². The summed E-state index contributed by atoms with van der Waals surface area (Å²) in [5.41, 5.74) is 1.19. The Balaban J connectivity index is 2.83. The molecule has 0 aromatic heterocycles. The SMILES string of the molecule is CCN(CC)C(=[Se])c1ccc(Cl)cc1. The van der Waals surface area contributed by atoms with Crippen LogP contribution in [0.15, 0.2) is 24.3 Å². The van der Waals surface area contributed by atoms with E-state index in [1.807, 2.05) is 24.3 Å². The predicted octanol–water partition coefficient (Wildman–Crippen LogP) is 2.33. The standard InChI is InChI=1S/C11H14ClNSe/c1-3-13(4-2)11(14)9-5-7-10(12)8-6-9/h5-8H,3-4H2,1-2H3. The molecule has 0 spiro atoms. The van der Waals surface area contributed by atoms with Gasteiger partial charge < -0.3 is 0 Å². The van der Waals surface area contributed by atoms with Gasteiger partial charge in [-0.3, -0.25) is 0 Å². The molecule has 0 N–H and O–H groups in total. The van der Waals surface area contributed by atoms with Crippen molar-refractivity contribution in [1.82, 2.24) is 4.90 Å². The molecule has 0 amide bonds. The Morgan fingerprint density at radius 1 is 1.21 bits per heavy atom. The van der Waals surface area contributed by atoms with E-state index in [4.69, 9.17) is 11.6 Å². The van der Waals surface area contributed by atoms with E-state index >= 15 is 0 Å². The van der Waals surface area contributed by atoms with E-state index in [9.17, 15) is 0 Å². The minimum atomic E-state index is 0.779. The summed E-state index contributed by atoms with van der Waals surface area (Å²) in [7, 11) is 0. The van der Waals surface area contributed by atoms with Crippen LogP contribution in [0.3, 0.4) is 0 Å². The van der Waals surface area contributed by atoms with Gasteiger partial charge in [0, 0.05) is 0 Å². The Morgan fingerprint density at radius 2 is 1.71 bits per heavy atom. The van der Waals surface area contributed by atoms with Gasteiger partial charge in [-0.25, -0.2) is 0 Å². The zero-order valence-corrected chi connectivity index (χ0v) is 10.9. The van der Waals surface area contributed by atoms with Gasteiger partial charge in [0.1, 0.15) is 0 Å². The topological polar surface area (TPSA) is 3.24 Å². The summed E-state index contributed by atoms with van der Waals surface area (Å²) in [5, 5.41) is 0.779. The molecular weight excluding hydrogens is 261 g/mol. The van der Waals surface area contributed by atoms with Crippen LogP contribution >= 0.6 is 11.6 Å². The van der Waals surface area contributed by atoms with Crippen molar-refractivity contribution in [2.45, 2.75) is 13.8 Å². The molecule has 0 radical (unpaired) electrons. The second-order valence-electron chi connectivity index (χ2n) is 2.98. The quantitative estimate of drug-likeness (QED) is 0.762. The fourth-order valence-electron chi connectivity index (χ4n) is 1.29. The van der Waals surface area contributed by atoms with E-state index < -0.39 is 0 Å². The molecule has 0 unspecified atom stereocenters. The number of rotatable bonds is 4. The molecule has 76 valence electrons. The van der Waals surface area contributed by atoms with Crippen LogP contribution in [0.2, 0.25) is 5.02 Å². The number of halogens is 1. The molecular formula is C11H14ClNSe. The van der Waals surface area contributed by atoms with Crippen LogP contribution in [0.1, 0.15) is 19.4 Å². The van der Waals surface area contributed by atoms with Gasteiger partial charge in [0.25, 0.3) is 0 Å². The average molecular weight is 275 g/mol. The van der Waals surface area contributed by atoms with Gasteiger partial charge in [0.05, 0.1) is 0 Å². The zero-order chi connectivity index (χ0) is 10.6. The van der Waals surface area contributed by atoms with Gasteiger partial charge >= 0.3 is 98.4 Å². The summed E-state index contributed by atoms with van der Waals surface area (Å²) in [6.07, 6.45) is 0. The first kappa shape index (κ1) is 11.8. The van der Waals surface area contributed by atoms with E-state index in [0.717, 1.165) is 18.1 Å². The van der Waals surface area contributed by atoms with Crippen molar-refractivity contribution in [2.75, 3.05) is 13.1 Å². The van der Waals surface area contributed by atoms with Crippen LogP contribution in [-0.4, -0.2) is 38.1 Å². The minimum absolute atomic E-state index is 0.779. The molecule has 0 atom stereocenters. The summed E-state index contributed by atoms with van der Waals surface area (Å²) in [6, 6.07) is 7.90. The van der Waals surface area contributed by atoms with Gasteiger partial charge in [0.15, 0.2) is 0 Å². The molecule has 1 aromatic carbocycles. The van der Waals surface area contributed by atoms with E-state index in [1.54, 1.807) is 0 Å². The first-order valence-corrected chi connectivity index (χ1v) is 5.97. The molecule has 1 aromatic rings. The van der Waals surface area contributed by atoms with Crippen LogP contribution in [0.5, 0.6) is 0 Å². The van der Waals surface area contributed by atoms with Crippen LogP contribution in [0.4, 0.5) is 0 Å². The summed E-state index contributed by atoms with van der Waals surface area (Å²) in [5.74, 6) is 0. The van der Waals surface area contributed by atoms with Crippen molar-refractivity contribution < 1.29 is 0 Å². The summed E-state index contributed by atoms with van der Waals surface area (Å²) < 4.78 is 1.19. The van der Waals surface area contributed by atoms with E-state index in [2.05, 4.69) is 34.3 Å². The first-order chi connectivity index (χ1) is 6.69. The summed E-state index contributed by atoms with van der Waals surface area (Å²) >= 11 is 8.94. The Kier molecular flexibility index (Phi) is 4.67. The molecule has 1 nitrogen and oxygen atoms in total. The van der Waals surface area contributed by atoms with Crippen molar-refractivity contribution in [1.29, 1.82) is 0 Å². The third-order valence-electron chi connectivity index (χ3n) is 2.14. The van der Waals surface area contributed by atoms with Crippen LogP contribution in [0.25, 0.3) is 0 Å². The summed E-state index contributed by atoms with van der Waals surface area (Å²) in [4.78, 5) is 2.28. The molecule has 3 heteroatoms. The predicted molar refractivity (Wildman–Crippen MR) is 64.2 cm³/mol. The molecule has 0 aliphatic rings. The van der Waals surface area contributed by atoms with Crippen LogP contribution in [-0.2, 0) is 0 Å². The van der Waals surface area contributed by atoms with Crippen molar-refractivity contribution in [3.05, 3.63) is 34.9 Å². The molecule has 0 bridgehead atoms. The Labute approximate surface area is 98.4 Å². The molecule has 14 heavy (non-hydrogen) atoms. The van der Waals surface area contributed by atoms with Crippen molar-refractivity contribution in [3.8, 4) is 0 Å². The van der Waals surface area contributed by atoms with E-state index in [-0.39, 0.29) is 0 Å². The van der Waals surface area contributed by atoms with Gasteiger partial charge in [-0.1, -0.05) is 0 Å². The summed E-state index contributed by atoms with van der Waals surface area (Å²) in [6.45, 7) is 6.33. The Hall–Kier alpha value is -0.301. The first-order valence-electron chi connectivity index (χ1n) is 4.73. The Morgan fingerprint density at radius 3 is 2.14 bits per heavy atom. The van der Waals surface area contributed by atoms with Gasteiger partial charge in [-0.15, -0.1) is 0 Å². The number of hydrogen-bond donors (Lipinski definition) is 0. The second-order valence-corrected chi connectivity index (χ2v) is 4.23. The van der Waals surface area contributed by atoms with Crippen LogP contribution < -0.4 is 0 Å². The van der Waals surface area contributed by atoms with E-state index in [0.29, 0.717) is 0 Å². The number of hydrogen-bond acceptors (Lipinski definition) is 1. The molecule has 0 fully saturated rings. The molecule has 0 saturated heterocycles. The molecule has 0 heterocycles. The monoisotopic (exact) mass is 275 g/mol. The van der Waals surface area contributed by atoms with Crippen molar-refractivity contribution in [2.24, 2.45) is 0 Å². The van der Waals surface area contributed by atoms with Gasteiger partial charge in [0.2, 0.25) is 0 Å². The zero-order valence-electron chi connectivity index (χ0n) is 8.46. The normalized spacial score (nSPS) is 9.93. The van der Waals surface area contributed by atoms with Crippen molar-refractivity contribution >= 4 is 31.7 Å². The van der Waals surface area contributed by atoms with E-state index in [1.165, 1.54) is 10.1 Å². The molecule has 0 aliphatic heterocycles. The molecule has 1 rings (SSSR count). The third kappa shape index (κ3) is 2.84. The van der Waals surface area contributed by atoms with Gasteiger partial charge in [-0.05, 0) is 0 Å². The molecule has 0 aliphatic carbocycles. The van der Waals surface area contributed by atoms with Crippen LogP contribution in [0, 0.1) is 0 Å². The fourth-order valence-corrected chi connectivity index (χ4v) is 2.24. The average Bonchev–Trinajstić information content (AvgIpc) is 2.20. The second kappa shape index (κ2) is 5.55. The Bertz CT molecular complexity index is 304. The number of benzene rings is 1. The molecule has 0 saturated carbocycles. The maximum atomic E-state index is 5.83.